The van der Waals surface area contributed by atoms with Crippen LogP contribution in [-0.2, 0) is 0 Å². The maximum Gasteiger partial charge on any atom is 0.414 e. The molecular formula is C9H10ClN3O2. The van der Waals surface area contributed by atoms with E-state index >= 15 is 0 Å². The molecule has 1 aromatic carbocycles. The number of imidazole rings is 1. The van der Waals surface area contributed by atoms with Crippen LogP contribution >= 0.6 is 12.4 Å². The molecule has 0 unspecified atom stereocenters. The van der Waals surface area contributed by atoms with Gasteiger partial charge in [-0.2, -0.15) is 4.98 Å². The first-order valence-corrected chi connectivity index (χ1v) is 4.14. The first kappa shape index (κ1) is 11.3. The standard InChI is InChI=1S/C9H9N3O2.ClH/c1-10-9(13)14-8-11-6-4-2-3-5-7(6)12-8;/h2-5H,1H3,(H,10,13)(H,11,12);1H. The second kappa shape index (κ2) is 4.65. The van der Waals surface area contributed by atoms with Gasteiger partial charge in [-0.25, -0.2) is 4.79 Å². The number of fused-ring (bicyclic) bond motifs is 1. The normalized spacial score (nSPS) is 9.40. The monoisotopic (exact) mass is 227 g/mol. The second-order valence-corrected chi connectivity index (χ2v) is 2.70. The number of carbonyl (C=O) groups is 1. The van der Waals surface area contributed by atoms with E-state index in [0.717, 1.165) is 11.0 Å². The number of aromatic amines is 1. The van der Waals surface area contributed by atoms with Gasteiger partial charge in [0.1, 0.15) is 0 Å². The van der Waals surface area contributed by atoms with Gasteiger partial charge in [0.25, 0.3) is 0 Å². The van der Waals surface area contributed by atoms with E-state index in [4.69, 9.17) is 4.74 Å². The van der Waals surface area contributed by atoms with Gasteiger partial charge in [0, 0.05) is 7.05 Å². The first-order valence-electron chi connectivity index (χ1n) is 4.14. The van der Waals surface area contributed by atoms with Crippen LogP contribution < -0.4 is 10.1 Å². The van der Waals surface area contributed by atoms with Gasteiger partial charge in [0.2, 0.25) is 0 Å². The molecule has 0 saturated carbocycles. The van der Waals surface area contributed by atoms with Crippen molar-refractivity contribution in [3.8, 4) is 6.01 Å². The third-order valence-corrected chi connectivity index (χ3v) is 1.76. The lowest BCUT2D eigenvalue weighted by Gasteiger charge is -1.96. The molecule has 6 heteroatoms. The predicted octanol–water partition coefficient (Wildman–Crippen LogP) is 1.70. The molecule has 0 bridgehead atoms. The Hall–Kier alpha value is -1.75. The van der Waals surface area contributed by atoms with Gasteiger partial charge >= 0.3 is 12.1 Å². The fourth-order valence-corrected chi connectivity index (χ4v) is 1.12. The molecule has 80 valence electrons. The molecular weight excluding hydrogens is 218 g/mol. The maximum absolute atomic E-state index is 10.9. The van der Waals surface area contributed by atoms with E-state index in [1.54, 1.807) is 0 Å². The molecule has 5 nitrogen and oxygen atoms in total. The number of nitrogens with zero attached hydrogens (tertiary/aromatic N) is 1. The summed E-state index contributed by atoms with van der Waals surface area (Å²) in [7, 11) is 1.49. The summed E-state index contributed by atoms with van der Waals surface area (Å²) in [4.78, 5) is 17.8. The highest BCUT2D eigenvalue weighted by atomic mass is 35.5. The number of halogens is 1. The van der Waals surface area contributed by atoms with Crippen molar-refractivity contribution in [3.63, 3.8) is 0 Å². The maximum atomic E-state index is 10.9. The van der Waals surface area contributed by atoms with Gasteiger partial charge in [-0.05, 0) is 12.1 Å². The molecule has 0 aliphatic carbocycles. The number of carbonyl (C=O) groups excluding carboxylic acids is 1. The average molecular weight is 228 g/mol. The van der Waals surface area contributed by atoms with E-state index in [9.17, 15) is 4.79 Å². The minimum absolute atomic E-state index is 0. The smallest absolute Gasteiger partial charge is 0.375 e. The zero-order valence-electron chi connectivity index (χ0n) is 7.98. The van der Waals surface area contributed by atoms with Crippen molar-refractivity contribution in [2.45, 2.75) is 0 Å². The summed E-state index contributed by atoms with van der Waals surface area (Å²) in [6.07, 6.45) is -0.538. The number of nitrogens with one attached hydrogen (secondary N) is 2. The Balaban J connectivity index is 0.00000112. The summed E-state index contributed by atoms with van der Waals surface area (Å²) in [6, 6.07) is 7.64. The molecule has 0 saturated heterocycles. The van der Waals surface area contributed by atoms with Gasteiger partial charge in [-0.15, -0.1) is 12.4 Å². The molecule has 2 rings (SSSR count). The number of H-pyrrole nitrogens is 1. The SMILES string of the molecule is CNC(=O)Oc1nc2ccccc2[nH]1.Cl. The highest BCUT2D eigenvalue weighted by Crippen LogP contribution is 2.14. The van der Waals surface area contributed by atoms with E-state index in [2.05, 4.69) is 15.3 Å². The van der Waals surface area contributed by atoms with Crippen molar-refractivity contribution < 1.29 is 9.53 Å². The van der Waals surface area contributed by atoms with Crippen LogP contribution in [0.2, 0.25) is 0 Å². The number of aromatic nitrogens is 2. The molecule has 1 heterocycles. The van der Waals surface area contributed by atoms with E-state index in [0.29, 0.717) is 0 Å². The number of para-hydroxylation sites is 2. The van der Waals surface area contributed by atoms with Crippen molar-refractivity contribution >= 4 is 29.5 Å². The van der Waals surface area contributed by atoms with Crippen molar-refractivity contribution in [3.05, 3.63) is 24.3 Å². The molecule has 0 atom stereocenters. The summed E-state index contributed by atoms with van der Waals surface area (Å²) < 4.78 is 4.83. The number of ether oxygens (including phenoxy) is 1. The largest absolute Gasteiger partial charge is 0.414 e. The number of hydrogen-bond acceptors (Lipinski definition) is 3. The fraction of sp³-hybridized carbons (Fsp3) is 0.111. The van der Waals surface area contributed by atoms with Crippen molar-refractivity contribution in [1.82, 2.24) is 15.3 Å². The zero-order valence-corrected chi connectivity index (χ0v) is 8.80. The molecule has 0 radical (unpaired) electrons. The number of amides is 1. The van der Waals surface area contributed by atoms with E-state index in [1.807, 2.05) is 24.3 Å². The van der Waals surface area contributed by atoms with E-state index in [-0.39, 0.29) is 18.4 Å². The van der Waals surface area contributed by atoms with Gasteiger partial charge in [0.05, 0.1) is 11.0 Å². The molecule has 0 fully saturated rings. The predicted molar refractivity (Wildman–Crippen MR) is 58.4 cm³/mol. The topological polar surface area (TPSA) is 67.0 Å². The summed E-state index contributed by atoms with van der Waals surface area (Å²) in [5.74, 6) is 0. The van der Waals surface area contributed by atoms with Crippen molar-refractivity contribution in [1.29, 1.82) is 0 Å². The molecule has 2 aromatic rings. The number of rotatable bonds is 1. The first-order chi connectivity index (χ1) is 6.79. The number of hydrogen-bond donors (Lipinski definition) is 2. The second-order valence-electron chi connectivity index (χ2n) is 2.70. The Labute approximate surface area is 92.2 Å². The van der Waals surface area contributed by atoms with Gasteiger partial charge in [-0.1, -0.05) is 12.1 Å². The lowest BCUT2D eigenvalue weighted by atomic mass is 10.3. The Morgan fingerprint density at radius 2 is 2.20 bits per heavy atom. The molecule has 1 aromatic heterocycles. The molecule has 2 N–H and O–H groups in total. The highest BCUT2D eigenvalue weighted by Gasteiger charge is 2.06. The van der Waals surface area contributed by atoms with Crippen molar-refractivity contribution in [2.75, 3.05) is 7.05 Å². The average Bonchev–Trinajstić information content (AvgIpc) is 2.59. The van der Waals surface area contributed by atoms with Crippen LogP contribution in [-0.4, -0.2) is 23.1 Å². The van der Waals surface area contributed by atoms with Gasteiger partial charge < -0.3 is 15.0 Å². The van der Waals surface area contributed by atoms with Crippen LogP contribution in [0.15, 0.2) is 24.3 Å². The molecule has 0 aliphatic rings. The Morgan fingerprint density at radius 1 is 1.47 bits per heavy atom. The van der Waals surface area contributed by atoms with Crippen LogP contribution in [0.4, 0.5) is 4.79 Å². The quantitative estimate of drug-likeness (QED) is 0.779. The van der Waals surface area contributed by atoms with E-state index in [1.165, 1.54) is 7.05 Å². The van der Waals surface area contributed by atoms with Gasteiger partial charge in [-0.3, -0.25) is 0 Å². The molecule has 15 heavy (non-hydrogen) atoms. The Kier molecular flexibility index (Phi) is 3.51. The van der Waals surface area contributed by atoms with Crippen molar-refractivity contribution in [2.24, 2.45) is 0 Å². The molecule has 1 amide bonds. The number of benzene rings is 1. The van der Waals surface area contributed by atoms with Crippen LogP contribution in [0.25, 0.3) is 11.0 Å². The highest BCUT2D eigenvalue weighted by molar-refractivity contribution is 5.85. The molecule has 0 aliphatic heterocycles. The summed E-state index contributed by atoms with van der Waals surface area (Å²) >= 11 is 0. The summed E-state index contributed by atoms with van der Waals surface area (Å²) in [6.45, 7) is 0. The Morgan fingerprint density at radius 3 is 2.87 bits per heavy atom. The minimum atomic E-state index is -0.538. The summed E-state index contributed by atoms with van der Waals surface area (Å²) in [5, 5.41) is 2.34. The minimum Gasteiger partial charge on any atom is -0.375 e. The van der Waals surface area contributed by atoms with Crippen LogP contribution in [0, 0.1) is 0 Å². The third kappa shape index (κ3) is 2.38. The van der Waals surface area contributed by atoms with Crippen LogP contribution in [0.5, 0.6) is 6.01 Å². The zero-order chi connectivity index (χ0) is 9.97. The third-order valence-electron chi connectivity index (χ3n) is 1.76. The van der Waals surface area contributed by atoms with E-state index < -0.39 is 6.09 Å². The Bertz CT molecular complexity index is 436. The van der Waals surface area contributed by atoms with Gasteiger partial charge in [0.15, 0.2) is 0 Å². The summed E-state index contributed by atoms with van der Waals surface area (Å²) in [5.41, 5.74) is 1.61. The lowest BCUT2D eigenvalue weighted by molar-refractivity contribution is 0.199. The molecule has 0 spiro atoms. The van der Waals surface area contributed by atoms with Crippen LogP contribution in [0.1, 0.15) is 0 Å². The fourth-order valence-electron chi connectivity index (χ4n) is 1.12. The van der Waals surface area contributed by atoms with Crippen LogP contribution in [0.3, 0.4) is 0 Å². The lowest BCUT2D eigenvalue weighted by Crippen LogP contribution is -2.22.